The predicted octanol–water partition coefficient (Wildman–Crippen LogP) is 2.94. The van der Waals surface area contributed by atoms with Crippen molar-refractivity contribution in [2.75, 3.05) is 26.3 Å². The number of aliphatic imine (C=N–C) groups is 2. The molecule has 3 heterocycles. The van der Waals surface area contributed by atoms with E-state index in [1.807, 2.05) is 30.3 Å². The summed E-state index contributed by atoms with van der Waals surface area (Å²) in [6.07, 6.45) is 0.782. The van der Waals surface area contributed by atoms with E-state index in [-0.39, 0.29) is 0 Å². The van der Waals surface area contributed by atoms with Gasteiger partial charge in [-0.2, -0.15) is 0 Å². The molecular formula is C19H16N2O3. The van der Waals surface area contributed by atoms with Crippen LogP contribution in [0.25, 0.3) is 0 Å². The molecule has 0 aliphatic carbocycles. The molecule has 120 valence electrons. The second kappa shape index (κ2) is 5.37. The Morgan fingerprint density at radius 3 is 2.38 bits per heavy atom. The summed E-state index contributed by atoms with van der Waals surface area (Å²) < 4.78 is 17.6. The van der Waals surface area contributed by atoms with Crippen LogP contribution in [0.2, 0.25) is 0 Å². The van der Waals surface area contributed by atoms with Crippen molar-refractivity contribution in [1.82, 2.24) is 0 Å². The molecule has 0 amide bonds. The molecule has 0 unspecified atom stereocenters. The van der Waals surface area contributed by atoms with Gasteiger partial charge in [0.25, 0.3) is 0 Å². The van der Waals surface area contributed by atoms with E-state index in [0.717, 1.165) is 40.2 Å². The monoisotopic (exact) mass is 320 g/mol. The SMILES string of the molecule is c1ccc2c(c1)Cc1c(ccc(C3=NCCO3)c1C1=NCCO1)O2. The molecule has 5 rings (SSSR count). The van der Waals surface area contributed by atoms with Crippen molar-refractivity contribution in [3.8, 4) is 11.5 Å². The number of fused-ring (bicyclic) bond motifs is 2. The second-order valence-corrected chi connectivity index (χ2v) is 5.92. The normalized spacial score (nSPS) is 17.8. The number of ether oxygens (including phenoxy) is 3. The van der Waals surface area contributed by atoms with Gasteiger partial charge >= 0.3 is 0 Å². The first kappa shape index (κ1) is 13.6. The highest BCUT2D eigenvalue weighted by atomic mass is 16.5. The van der Waals surface area contributed by atoms with Crippen molar-refractivity contribution in [2.45, 2.75) is 6.42 Å². The lowest BCUT2D eigenvalue weighted by Gasteiger charge is -2.24. The molecule has 0 radical (unpaired) electrons. The number of benzene rings is 2. The summed E-state index contributed by atoms with van der Waals surface area (Å²) in [5.74, 6) is 3.10. The third-order valence-corrected chi connectivity index (χ3v) is 4.44. The maximum atomic E-state index is 6.10. The van der Waals surface area contributed by atoms with E-state index in [1.54, 1.807) is 0 Å². The van der Waals surface area contributed by atoms with Crippen LogP contribution in [0.5, 0.6) is 11.5 Å². The molecule has 0 N–H and O–H groups in total. The molecule has 5 nitrogen and oxygen atoms in total. The molecule has 0 fully saturated rings. The average Bonchev–Trinajstić information content (AvgIpc) is 3.32. The van der Waals surface area contributed by atoms with Crippen LogP contribution in [0, 0.1) is 0 Å². The maximum Gasteiger partial charge on any atom is 0.217 e. The zero-order chi connectivity index (χ0) is 15.9. The van der Waals surface area contributed by atoms with Crippen LogP contribution < -0.4 is 4.74 Å². The van der Waals surface area contributed by atoms with Gasteiger partial charge in [-0.15, -0.1) is 0 Å². The fourth-order valence-electron chi connectivity index (χ4n) is 3.37. The smallest absolute Gasteiger partial charge is 0.217 e. The Morgan fingerprint density at radius 1 is 0.792 bits per heavy atom. The lowest BCUT2D eigenvalue weighted by molar-refractivity contribution is 0.343. The zero-order valence-electron chi connectivity index (χ0n) is 13.1. The van der Waals surface area contributed by atoms with Crippen LogP contribution in [0.4, 0.5) is 0 Å². The molecule has 24 heavy (non-hydrogen) atoms. The maximum absolute atomic E-state index is 6.10. The minimum atomic E-state index is 0.614. The Balaban J connectivity index is 1.70. The summed E-state index contributed by atoms with van der Waals surface area (Å²) in [7, 11) is 0. The lowest BCUT2D eigenvalue weighted by atomic mass is 9.92. The highest BCUT2D eigenvalue weighted by Crippen LogP contribution is 2.40. The third kappa shape index (κ3) is 2.08. The summed E-state index contributed by atoms with van der Waals surface area (Å²) in [5, 5.41) is 0. The van der Waals surface area contributed by atoms with Gasteiger partial charge in [0.15, 0.2) is 0 Å². The van der Waals surface area contributed by atoms with Crippen LogP contribution in [-0.4, -0.2) is 38.1 Å². The van der Waals surface area contributed by atoms with E-state index in [2.05, 4.69) is 16.1 Å². The second-order valence-electron chi connectivity index (χ2n) is 5.92. The quantitative estimate of drug-likeness (QED) is 0.729. The topological polar surface area (TPSA) is 52.4 Å². The lowest BCUT2D eigenvalue weighted by Crippen LogP contribution is -2.17. The number of hydrogen-bond donors (Lipinski definition) is 0. The summed E-state index contributed by atoms with van der Waals surface area (Å²) in [6.45, 7) is 2.61. The van der Waals surface area contributed by atoms with Crippen LogP contribution in [-0.2, 0) is 15.9 Å². The van der Waals surface area contributed by atoms with E-state index in [4.69, 9.17) is 14.2 Å². The van der Waals surface area contributed by atoms with Gasteiger partial charge in [-0.1, -0.05) is 18.2 Å². The Hall–Kier alpha value is -2.82. The highest BCUT2D eigenvalue weighted by Gasteiger charge is 2.29. The molecule has 5 heteroatoms. The van der Waals surface area contributed by atoms with Gasteiger partial charge in [0.05, 0.1) is 18.7 Å². The largest absolute Gasteiger partial charge is 0.475 e. The summed E-state index contributed by atoms with van der Waals surface area (Å²) >= 11 is 0. The van der Waals surface area contributed by atoms with Gasteiger partial charge in [-0.3, -0.25) is 0 Å². The standard InChI is InChI=1S/C19H16N2O3/c1-2-4-15-12(3-1)11-14-16(24-15)6-5-13(18-20-7-9-22-18)17(14)19-21-8-10-23-19/h1-6H,7-11H2. The fraction of sp³-hybridized carbons (Fsp3) is 0.263. The predicted molar refractivity (Wildman–Crippen MR) is 90.5 cm³/mol. The molecule has 3 aliphatic rings. The van der Waals surface area contributed by atoms with Crippen LogP contribution in [0.15, 0.2) is 46.4 Å². The number of nitrogens with zero attached hydrogens (tertiary/aromatic N) is 2. The first-order valence-corrected chi connectivity index (χ1v) is 8.17. The first-order chi connectivity index (χ1) is 11.9. The molecule has 0 saturated carbocycles. The summed E-state index contributed by atoms with van der Waals surface area (Å²) in [4.78, 5) is 9.00. The first-order valence-electron chi connectivity index (χ1n) is 8.17. The van der Waals surface area contributed by atoms with Gasteiger partial charge in [-0.05, 0) is 23.8 Å². The van der Waals surface area contributed by atoms with Crippen molar-refractivity contribution in [3.63, 3.8) is 0 Å². The fourth-order valence-corrected chi connectivity index (χ4v) is 3.37. The van der Waals surface area contributed by atoms with Gasteiger partial charge in [0.1, 0.15) is 24.7 Å². The average molecular weight is 320 g/mol. The van der Waals surface area contributed by atoms with E-state index >= 15 is 0 Å². The third-order valence-electron chi connectivity index (χ3n) is 4.44. The number of hydrogen-bond acceptors (Lipinski definition) is 5. The van der Waals surface area contributed by atoms with Crippen molar-refractivity contribution in [2.24, 2.45) is 9.98 Å². The zero-order valence-corrected chi connectivity index (χ0v) is 13.1. The minimum absolute atomic E-state index is 0.614. The van der Waals surface area contributed by atoms with Crippen LogP contribution in [0.3, 0.4) is 0 Å². The van der Waals surface area contributed by atoms with Crippen molar-refractivity contribution in [1.29, 1.82) is 0 Å². The Morgan fingerprint density at radius 2 is 1.58 bits per heavy atom. The van der Waals surface area contributed by atoms with Crippen molar-refractivity contribution < 1.29 is 14.2 Å². The van der Waals surface area contributed by atoms with Gasteiger partial charge in [-0.25, -0.2) is 9.98 Å². The Labute approximate surface area is 139 Å². The molecule has 0 atom stereocenters. The molecule has 0 aromatic heterocycles. The van der Waals surface area contributed by atoms with E-state index in [0.29, 0.717) is 38.1 Å². The van der Waals surface area contributed by atoms with Crippen LogP contribution >= 0.6 is 0 Å². The number of para-hydroxylation sites is 1. The summed E-state index contributed by atoms with van der Waals surface area (Å²) in [6, 6.07) is 12.1. The minimum Gasteiger partial charge on any atom is -0.475 e. The van der Waals surface area contributed by atoms with Crippen molar-refractivity contribution in [3.05, 3.63) is 58.7 Å². The molecule has 0 spiro atoms. The van der Waals surface area contributed by atoms with Crippen LogP contribution in [0.1, 0.15) is 22.3 Å². The van der Waals surface area contributed by atoms with Crippen molar-refractivity contribution >= 4 is 11.8 Å². The molecular weight excluding hydrogens is 304 g/mol. The Kier molecular flexibility index (Phi) is 3.04. The highest BCUT2D eigenvalue weighted by molar-refractivity contribution is 6.09. The summed E-state index contributed by atoms with van der Waals surface area (Å²) in [5.41, 5.74) is 4.15. The van der Waals surface area contributed by atoms with Gasteiger partial charge in [0.2, 0.25) is 11.8 Å². The van der Waals surface area contributed by atoms with E-state index in [9.17, 15) is 0 Å². The van der Waals surface area contributed by atoms with Gasteiger partial charge in [0, 0.05) is 17.5 Å². The van der Waals surface area contributed by atoms with E-state index in [1.165, 1.54) is 0 Å². The molecule has 3 aliphatic heterocycles. The number of rotatable bonds is 2. The molecule has 2 aromatic rings. The molecule has 0 bridgehead atoms. The molecule has 0 saturated heterocycles. The Bertz CT molecular complexity index is 886. The molecule has 2 aromatic carbocycles. The van der Waals surface area contributed by atoms with Gasteiger partial charge < -0.3 is 14.2 Å². The van der Waals surface area contributed by atoms with E-state index < -0.39 is 0 Å².